The maximum Gasteiger partial charge on any atom is 0.261 e. The van der Waals surface area contributed by atoms with E-state index in [1.165, 1.54) is 6.07 Å². The highest BCUT2D eigenvalue weighted by Gasteiger charge is 2.41. The zero-order chi connectivity index (χ0) is 15.1. The number of hydrogen-bond donors (Lipinski definition) is 2. The number of nitrogens with zero attached hydrogens (tertiary/aromatic N) is 1. The number of fused-ring (bicyclic) bond motifs is 1. The van der Waals surface area contributed by atoms with Crippen LogP contribution in [0.5, 0.6) is 0 Å². The van der Waals surface area contributed by atoms with Gasteiger partial charge in [-0.05, 0) is 24.1 Å². The predicted molar refractivity (Wildman–Crippen MR) is 71.9 cm³/mol. The Kier molecular flexibility index (Phi) is 2.97. The normalized spacial score (nSPS) is 22.1. The molecule has 0 bridgehead atoms. The second-order valence-electron chi connectivity index (χ2n) is 5.13. The number of rotatable bonds is 1. The lowest BCUT2D eigenvalue weighted by atomic mass is 9.94. The molecular weight excluding hydrogens is 274 g/mol. The van der Waals surface area contributed by atoms with E-state index in [2.05, 4.69) is 5.32 Å². The van der Waals surface area contributed by atoms with Gasteiger partial charge in [-0.1, -0.05) is 6.07 Å². The lowest BCUT2D eigenvalue weighted by molar-refractivity contribution is -0.143. The van der Waals surface area contributed by atoms with Crippen molar-refractivity contribution in [2.45, 2.75) is 25.3 Å². The molecule has 1 fully saturated rings. The van der Waals surface area contributed by atoms with Gasteiger partial charge in [0.15, 0.2) is 0 Å². The van der Waals surface area contributed by atoms with Gasteiger partial charge < -0.3 is 5.73 Å². The van der Waals surface area contributed by atoms with Crippen LogP contribution in [0.2, 0.25) is 0 Å². The summed E-state index contributed by atoms with van der Waals surface area (Å²) in [5, 5.41) is 2.15. The largest absolute Gasteiger partial charge is 0.399 e. The highest BCUT2D eigenvalue weighted by Crippen LogP contribution is 2.25. The van der Waals surface area contributed by atoms with E-state index < -0.39 is 29.7 Å². The molecule has 108 valence electrons. The van der Waals surface area contributed by atoms with E-state index in [4.69, 9.17) is 5.73 Å². The van der Waals surface area contributed by atoms with Crippen molar-refractivity contribution >= 4 is 29.3 Å². The van der Waals surface area contributed by atoms with Crippen molar-refractivity contribution in [3.05, 3.63) is 29.3 Å². The van der Waals surface area contributed by atoms with E-state index in [0.29, 0.717) is 16.8 Å². The van der Waals surface area contributed by atoms with Crippen molar-refractivity contribution in [3.8, 4) is 0 Å². The van der Waals surface area contributed by atoms with Crippen molar-refractivity contribution < 1.29 is 19.2 Å². The van der Waals surface area contributed by atoms with Crippen molar-refractivity contribution in [3.63, 3.8) is 0 Å². The van der Waals surface area contributed by atoms with Gasteiger partial charge in [0.2, 0.25) is 17.7 Å². The Morgan fingerprint density at radius 3 is 2.67 bits per heavy atom. The fraction of sp³-hybridized carbons (Fsp3) is 0.286. The Morgan fingerprint density at radius 1 is 1.19 bits per heavy atom. The molecule has 1 saturated heterocycles. The monoisotopic (exact) mass is 287 g/mol. The third-order valence-corrected chi connectivity index (χ3v) is 3.72. The Labute approximate surface area is 120 Å². The number of nitrogens with one attached hydrogen (secondary N) is 1. The number of nitrogen functional groups attached to an aromatic ring is 1. The molecule has 3 rings (SSSR count). The molecule has 0 aliphatic carbocycles. The minimum Gasteiger partial charge on any atom is -0.399 e. The summed E-state index contributed by atoms with van der Waals surface area (Å²) in [6, 6.07) is 3.84. The van der Waals surface area contributed by atoms with Crippen LogP contribution in [0.15, 0.2) is 18.2 Å². The third kappa shape index (κ3) is 2.16. The predicted octanol–water partition coefficient (Wildman–Crippen LogP) is -0.401. The second-order valence-corrected chi connectivity index (χ2v) is 5.13. The van der Waals surface area contributed by atoms with E-state index >= 15 is 0 Å². The molecule has 4 amide bonds. The fourth-order valence-corrected chi connectivity index (χ4v) is 2.68. The van der Waals surface area contributed by atoms with Gasteiger partial charge in [-0.25, -0.2) is 0 Å². The van der Waals surface area contributed by atoms with Crippen LogP contribution < -0.4 is 11.1 Å². The van der Waals surface area contributed by atoms with Gasteiger partial charge in [-0.15, -0.1) is 0 Å². The third-order valence-electron chi connectivity index (χ3n) is 3.72. The fourth-order valence-electron chi connectivity index (χ4n) is 2.68. The van der Waals surface area contributed by atoms with E-state index in [9.17, 15) is 19.2 Å². The highest BCUT2D eigenvalue weighted by molar-refractivity contribution is 6.13. The number of hydrogen-bond acceptors (Lipinski definition) is 5. The van der Waals surface area contributed by atoms with Gasteiger partial charge in [0.25, 0.3) is 5.91 Å². The number of anilines is 1. The van der Waals surface area contributed by atoms with Crippen molar-refractivity contribution in [1.29, 1.82) is 0 Å². The molecular formula is C14H13N3O4. The first-order valence-electron chi connectivity index (χ1n) is 6.56. The van der Waals surface area contributed by atoms with Crippen LogP contribution in [0.25, 0.3) is 0 Å². The summed E-state index contributed by atoms with van der Waals surface area (Å²) in [5.41, 5.74) is 7.02. The maximum atomic E-state index is 12.5. The standard InChI is InChI=1S/C14H13N3O4/c15-8-2-1-7-5-12(19)17(14(21)9(7)6-8)10-3-4-11(18)16-13(10)20/h1-2,6,10H,3-5,15H2,(H,16,18,20). The highest BCUT2D eigenvalue weighted by atomic mass is 16.2. The molecule has 1 atom stereocenters. The molecule has 3 N–H and O–H groups in total. The van der Waals surface area contributed by atoms with Gasteiger partial charge in [0.05, 0.1) is 6.42 Å². The molecule has 2 aliphatic heterocycles. The topological polar surface area (TPSA) is 110 Å². The van der Waals surface area contributed by atoms with Crippen LogP contribution in [-0.4, -0.2) is 34.6 Å². The van der Waals surface area contributed by atoms with Crippen molar-refractivity contribution in [2.75, 3.05) is 5.73 Å². The quantitative estimate of drug-likeness (QED) is 0.539. The molecule has 1 unspecified atom stereocenters. The summed E-state index contributed by atoms with van der Waals surface area (Å²) in [4.78, 5) is 48.7. The van der Waals surface area contributed by atoms with Gasteiger partial charge in [0, 0.05) is 17.7 Å². The lowest BCUT2D eigenvalue weighted by Crippen LogP contribution is -2.57. The summed E-state index contributed by atoms with van der Waals surface area (Å²) < 4.78 is 0. The zero-order valence-electron chi connectivity index (χ0n) is 11.1. The average molecular weight is 287 g/mol. The number of nitrogens with two attached hydrogens (primary N) is 1. The first-order chi connectivity index (χ1) is 9.97. The average Bonchev–Trinajstić information content (AvgIpc) is 2.42. The van der Waals surface area contributed by atoms with Gasteiger partial charge >= 0.3 is 0 Å². The molecule has 0 aromatic heterocycles. The molecule has 0 radical (unpaired) electrons. The molecule has 2 heterocycles. The SMILES string of the molecule is Nc1ccc2c(c1)C(=O)N(C1CCC(=O)NC1=O)C(=O)C2. The van der Waals surface area contributed by atoms with Gasteiger partial charge in [-0.2, -0.15) is 0 Å². The molecule has 0 spiro atoms. The van der Waals surface area contributed by atoms with Crippen LogP contribution in [0.1, 0.15) is 28.8 Å². The summed E-state index contributed by atoms with van der Waals surface area (Å²) >= 11 is 0. The molecule has 7 nitrogen and oxygen atoms in total. The molecule has 2 aliphatic rings. The molecule has 0 saturated carbocycles. The van der Waals surface area contributed by atoms with Gasteiger partial charge in [-0.3, -0.25) is 29.4 Å². The Balaban J connectivity index is 1.97. The minimum absolute atomic E-state index is 0.0408. The number of piperidine rings is 1. The minimum atomic E-state index is -0.933. The van der Waals surface area contributed by atoms with Crippen molar-refractivity contribution in [2.24, 2.45) is 0 Å². The maximum absolute atomic E-state index is 12.5. The van der Waals surface area contributed by atoms with Crippen molar-refractivity contribution in [1.82, 2.24) is 10.2 Å². The first-order valence-corrected chi connectivity index (χ1v) is 6.56. The second kappa shape index (κ2) is 4.69. The number of benzene rings is 1. The van der Waals surface area contributed by atoms with E-state index in [1.54, 1.807) is 12.1 Å². The van der Waals surface area contributed by atoms with E-state index in [-0.39, 0.29) is 19.3 Å². The number of amides is 4. The lowest BCUT2D eigenvalue weighted by Gasteiger charge is -2.34. The smallest absolute Gasteiger partial charge is 0.261 e. The Hall–Kier alpha value is -2.70. The molecule has 7 heteroatoms. The summed E-state index contributed by atoms with van der Waals surface area (Å²) in [7, 11) is 0. The summed E-state index contributed by atoms with van der Waals surface area (Å²) in [5.74, 6) is -1.98. The number of carbonyl (C=O) groups is 4. The van der Waals surface area contributed by atoms with Crippen LogP contribution in [0.4, 0.5) is 5.69 Å². The summed E-state index contributed by atoms with van der Waals surface area (Å²) in [6.45, 7) is 0. The molecule has 21 heavy (non-hydrogen) atoms. The molecule has 1 aromatic carbocycles. The number of carbonyl (C=O) groups excluding carboxylic acids is 4. The van der Waals surface area contributed by atoms with E-state index in [1.807, 2.05) is 0 Å². The van der Waals surface area contributed by atoms with Gasteiger partial charge in [0.1, 0.15) is 6.04 Å². The first kappa shape index (κ1) is 13.3. The van der Waals surface area contributed by atoms with Crippen LogP contribution in [0.3, 0.4) is 0 Å². The molecule has 1 aromatic rings. The number of imide groups is 2. The van der Waals surface area contributed by atoms with Crippen LogP contribution in [0, 0.1) is 0 Å². The Morgan fingerprint density at radius 2 is 1.95 bits per heavy atom. The zero-order valence-corrected chi connectivity index (χ0v) is 11.1. The van der Waals surface area contributed by atoms with Crippen LogP contribution >= 0.6 is 0 Å². The Bertz CT molecular complexity index is 683. The van der Waals surface area contributed by atoms with E-state index in [0.717, 1.165) is 4.90 Å². The van der Waals surface area contributed by atoms with Crippen LogP contribution in [-0.2, 0) is 20.8 Å². The summed E-state index contributed by atoms with van der Waals surface area (Å²) in [6.07, 6.45) is 0.302.